The molecule has 0 radical (unpaired) electrons. The fourth-order valence-corrected chi connectivity index (χ4v) is 1.42. The van der Waals surface area contributed by atoms with E-state index in [1.807, 2.05) is 6.20 Å². The average Bonchev–Trinajstić information content (AvgIpc) is 2.99. The van der Waals surface area contributed by atoms with E-state index in [9.17, 15) is 0 Å². The molecule has 1 aliphatic carbocycles. The van der Waals surface area contributed by atoms with Crippen LogP contribution in [0.2, 0.25) is 0 Å². The van der Waals surface area contributed by atoms with Gasteiger partial charge in [0.05, 0.1) is 5.69 Å². The van der Waals surface area contributed by atoms with Crippen LogP contribution >= 0.6 is 0 Å². The van der Waals surface area contributed by atoms with Gasteiger partial charge in [0.15, 0.2) is 0 Å². The molecular formula is C12H18N2. The van der Waals surface area contributed by atoms with E-state index in [-0.39, 0.29) is 0 Å². The van der Waals surface area contributed by atoms with Gasteiger partial charge < -0.3 is 5.32 Å². The van der Waals surface area contributed by atoms with Gasteiger partial charge in [-0.25, -0.2) is 0 Å². The second kappa shape index (κ2) is 4.09. The third-order valence-electron chi connectivity index (χ3n) is 2.66. The number of hydrogen-bond donors (Lipinski definition) is 1. The molecule has 14 heavy (non-hydrogen) atoms. The first-order valence-corrected chi connectivity index (χ1v) is 5.44. The maximum atomic E-state index is 4.44. The molecule has 0 unspecified atom stereocenters. The van der Waals surface area contributed by atoms with Crippen LogP contribution in [0.25, 0.3) is 0 Å². The van der Waals surface area contributed by atoms with Crippen molar-refractivity contribution in [2.75, 3.05) is 0 Å². The zero-order valence-corrected chi connectivity index (χ0v) is 8.96. The molecule has 1 heterocycles. The lowest BCUT2D eigenvalue weighted by Crippen LogP contribution is -2.16. The van der Waals surface area contributed by atoms with E-state index in [1.165, 1.54) is 18.4 Å². The number of nitrogens with one attached hydrogen (secondary N) is 1. The molecule has 1 saturated carbocycles. The van der Waals surface area contributed by atoms with Crippen LogP contribution in [0.1, 0.15) is 43.9 Å². The van der Waals surface area contributed by atoms with Crippen LogP contribution in [0.15, 0.2) is 18.3 Å². The largest absolute Gasteiger partial charge is 0.308 e. The SMILES string of the molecule is CC(C)c1ccc(CNC2CC2)nc1. The van der Waals surface area contributed by atoms with Gasteiger partial charge >= 0.3 is 0 Å². The quantitative estimate of drug-likeness (QED) is 0.789. The molecule has 76 valence electrons. The van der Waals surface area contributed by atoms with Crippen LogP contribution in [0, 0.1) is 0 Å². The normalized spacial score (nSPS) is 16.2. The van der Waals surface area contributed by atoms with E-state index in [1.54, 1.807) is 0 Å². The van der Waals surface area contributed by atoms with E-state index in [2.05, 4.69) is 36.3 Å². The Morgan fingerprint density at radius 1 is 1.43 bits per heavy atom. The summed E-state index contributed by atoms with van der Waals surface area (Å²) in [4.78, 5) is 4.44. The van der Waals surface area contributed by atoms with Gasteiger partial charge in [-0.1, -0.05) is 19.9 Å². The summed E-state index contributed by atoms with van der Waals surface area (Å²) in [7, 11) is 0. The molecule has 0 amide bonds. The predicted octanol–water partition coefficient (Wildman–Crippen LogP) is 2.46. The fourth-order valence-electron chi connectivity index (χ4n) is 1.42. The van der Waals surface area contributed by atoms with Crippen LogP contribution < -0.4 is 5.32 Å². The van der Waals surface area contributed by atoms with Crippen LogP contribution in [0.3, 0.4) is 0 Å². The van der Waals surface area contributed by atoms with Crippen molar-refractivity contribution in [3.05, 3.63) is 29.6 Å². The highest BCUT2D eigenvalue weighted by molar-refractivity contribution is 5.17. The molecule has 2 heteroatoms. The van der Waals surface area contributed by atoms with Gasteiger partial charge in [-0.05, 0) is 30.4 Å². The lowest BCUT2D eigenvalue weighted by atomic mass is 10.1. The van der Waals surface area contributed by atoms with Crippen molar-refractivity contribution in [3.63, 3.8) is 0 Å². The minimum atomic E-state index is 0.577. The molecule has 1 aromatic heterocycles. The molecule has 0 bridgehead atoms. The molecule has 0 atom stereocenters. The molecule has 0 spiro atoms. The first-order valence-electron chi connectivity index (χ1n) is 5.44. The maximum Gasteiger partial charge on any atom is 0.0541 e. The Morgan fingerprint density at radius 2 is 2.21 bits per heavy atom. The Bertz CT molecular complexity index is 286. The van der Waals surface area contributed by atoms with Crippen molar-refractivity contribution in [1.29, 1.82) is 0 Å². The lowest BCUT2D eigenvalue weighted by molar-refractivity contribution is 0.673. The second-order valence-corrected chi connectivity index (χ2v) is 4.39. The Labute approximate surface area is 85.7 Å². The third kappa shape index (κ3) is 2.55. The average molecular weight is 190 g/mol. The first kappa shape index (κ1) is 9.66. The van der Waals surface area contributed by atoms with E-state index in [4.69, 9.17) is 0 Å². The number of aromatic nitrogens is 1. The Morgan fingerprint density at radius 3 is 2.71 bits per heavy atom. The monoisotopic (exact) mass is 190 g/mol. The molecule has 1 fully saturated rings. The summed E-state index contributed by atoms with van der Waals surface area (Å²) < 4.78 is 0. The lowest BCUT2D eigenvalue weighted by Gasteiger charge is -2.06. The smallest absolute Gasteiger partial charge is 0.0541 e. The summed E-state index contributed by atoms with van der Waals surface area (Å²) in [6.45, 7) is 5.31. The summed E-state index contributed by atoms with van der Waals surface area (Å²) in [5.41, 5.74) is 2.47. The van der Waals surface area contributed by atoms with Gasteiger partial charge in [-0.15, -0.1) is 0 Å². The summed E-state index contributed by atoms with van der Waals surface area (Å²) in [5, 5.41) is 3.46. The van der Waals surface area contributed by atoms with Gasteiger partial charge in [0.2, 0.25) is 0 Å². The van der Waals surface area contributed by atoms with E-state index < -0.39 is 0 Å². The minimum Gasteiger partial charge on any atom is -0.308 e. The van der Waals surface area contributed by atoms with Crippen molar-refractivity contribution in [2.24, 2.45) is 0 Å². The second-order valence-electron chi connectivity index (χ2n) is 4.39. The van der Waals surface area contributed by atoms with Crippen molar-refractivity contribution < 1.29 is 0 Å². The summed E-state index contributed by atoms with van der Waals surface area (Å²) in [5.74, 6) is 0.577. The van der Waals surface area contributed by atoms with Gasteiger partial charge in [-0.2, -0.15) is 0 Å². The Balaban J connectivity index is 1.91. The van der Waals surface area contributed by atoms with Gasteiger partial charge in [-0.3, -0.25) is 4.98 Å². The summed E-state index contributed by atoms with van der Waals surface area (Å²) in [6.07, 6.45) is 4.67. The van der Waals surface area contributed by atoms with Crippen molar-refractivity contribution >= 4 is 0 Å². The van der Waals surface area contributed by atoms with Crippen molar-refractivity contribution in [3.8, 4) is 0 Å². The highest BCUT2D eigenvalue weighted by Gasteiger charge is 2.19. The van der Waals surface area contributed by atoms with Crippen LogP contribution in [0.5, 0.6) is 0 Å². The zero-order chi connectivity index (χ0) is 9.97. The molecule has 0 aliphatic heterocycles. The minimum absolute atomic E-state index is 0.577. The standard InChI is InChI=1S/C12H18N2/c1-9(2)10-3-4-12(13-7-10)8-14-11-5-6-11/h3-4,7,9,11,14H,5-6,8H2,1-2H3. The maximum absolute atomic E-state index is 4.44. The molecule has 0 aromatic carbocycles. The number of rotatable bonds is 4. The Hall–Kier alpha value is -0.890. The Kier molecular flexibility index (Phi) is 2.82. The van der Waals surface area contributed by atoms with E-state index >= 15 is 0 Å². The molecule has 1 aliphatic rings. The molecule has 2 nitrogen and oxygen atoms in total. The molecular weight excluding hydrogens is 172 g/mol. The van der Waals surface area contributed by atoms with Crippen LogP contribution in [-0.4, -0.2) is 11.0 Å². The van der Waals surface area contributed by atoms with Crippen molar-refractivity contribution in [2.45, 2.75) is 45.2 Å². The summed E-state index contributed by atoms with van der Waals surface area (Å²) >= 11 is 0. The number of hydrogen-bond acceptors (Lipinski definition) is 2. The van der Waals surface area contributed by atoms with Crippen LogP contribution in [0.4, 0.5) is 0 Å². The van der Waals surface area contributed by atoms with Gasteiger partial charge in [0.25, 0.3) is 0 Å². The van der Waals surface area contributed by atoms with E-state index in [0.717, 1.165) is 18.3 Å². The predicted molar refractivity (Wildman–Crippen MR) is 58.2 cm³/mol. The van der Waals surface area contributed by atoms with Crippen LogP contribution in [-0.2, 0) is 6.54 Å². The highest BCUT2D eigenvalue weighted by atomic mass is 15.0. The third-order valence-corrected chi connectivity index (χ3v) is 2.66. The molecule has 2 rings (SSSR count). The zero-order valence-electron chi connectivity index (χ0n) is 8.96. The fraction of sp³-hybridized carbons (Fsp3) is 0.583. The van der Waals surface area contributed by atoms with Crippen molar-refractivity contribution in [1.82, 2.24) is 10.3 Å². The number of nitrogens with zero attached hydrogens (tertiary/aromatic N) is 1. The topological polar surface area (TPSA) is 24.9 Å². The molecule has 0 saturated heterocycles. The number of pyridine rings is 1. The first-order chi connectivity index (χ1) is 6.75. The molecule has 1 aromatic rings. The molecule has 1 N–H and O–H groups in total. The highest BCUT2D eigenvalue weighted by Crippen LogP contribution is 2.19. The van der Waals surface area contributed by atoms with E-state index in [0.29, 0.717) is 5.92 Å². The summed E-state index contributed by atoms with van der Waals surface area (Å²) in [6, 6.07) is 5.08. The van der Waals surface area contributed by atoms with Gasteiger partial charge in [0.1, 0.15) is 0 Å². The van der Waals surface area contributed by atoms with Gasteiger partial charge in [0, 0.05) is 18.8 Å².